The average Bonchev–Trinajstić information content (AvgIpc) is 3.04. The molecule has 1 aromatic carbocycles. The van der Waals surface area contributed by atoms with Crippen molar-refractivity contribution in [3.63, 3.8) is 0 Å². The summed E-state index contributed by atoms with van der Waals surface area (Å²) >= 11 is 1.52. The van der Waals surface area contributed by atoms with Crippen molar-refractivity contribution < 1.29 is 4.52 Å². The zero-order chi connectivity index (χ0) is 13.9. The molecular weight excluding hydrogens is 272 g/mol. The molecule has 3 rings (SSSR count). The lowest BCUT2D eigenvalue weighted by atomic mass is 10.2. The minimum atomic E-state index is 0.656. The Hall–Kier alpha value is -2.21. The normalized spacial score (nSPS) is 10.8. The smallest absolute Gasteiger partial charge is 0.187 e. The van der Waals surface area contributed by atoms with Gasteiger partial charge < -0.3 is 10.4 Å². The number of thioether (sulfide) groups is 1. The van der Waals surface area contributed by atoms with E-state index in [4.69, 9.17) is 10.4 Å². The quantitative estimate of drug-likeness (QED) is 0.590. The minimum Gasteiger partial charge on any atom is -0.360 e. The lowest BCUT2D eigenvalue weighted by molar-refractivity contribution is 0.391. The zero-order valence-electron chi connectivity index (χ0n) is 11.0. The highest BCUT2D eigenvalue weighted by Crippen LogP contribution is 2.25. The summed E-state index contributed by atoms with van der Waals surface area (Å²) in [5, 5.41) is 4.61. The second-order valence-electron chi connectivity index (χ2n) is 4.41. The number of benzene rings is 1. The van der Waals surface area contributed by atoms with Gasteiger partial charge in [-0.15, -0.1) is 0 Å². The van der Waals surface area contributed by atoms with E-state index in [0.29, 0.717) is 5.75 Å². The summed E-state index contributed by atoms with van der Waals surface area (Å²) in [5.41, 5.74) is 2.79. The molecule has 0 bridgehead atoms. The topological polar surface area (TPSA) is 69.9 Å². The fourth-order valence-electron chi connectivity index (χ4n) is 1.85. The van der Waals surface area contributed by atoms with E-state index in [2.05, 4.69) is 10.1 Å². The number of nitrogens with zero attached hydrogens (tertiary/aromatic N) is 3. The van der Waals surface area contributed by atoms with E-state index in [1.54, 1.807) is 0 Å². The van der Waals surface area contributed by atoms with E-state index in [-0.39, 0.29) is 0 Å². The molecular formula is C14H14N4OS. The largest absolute Gasteiger partial charge is 0.360 e. The third-order valence-corrected chi connectivity index (χ3v) is 3.78. The van der Waals surface area contributed by atoms with Crippen LogP contribution in [0.15, 0.2) is 52.3 Å². The van der Waals surface area contributed by atoms with Gasteiger partial charge >= 0.3 is 0 Å². The molecule has 0 fully saturated rings. The summed E-state index contributed by atoms with van der Waals surface area (Å²) < 4.78 is 6.71. The number of imidazole rings is 1. The minimum absolute atomic E-state index is 0.656. The zero-order valence-corrected chi connectivity index (χ0v) is 11.8. The first-order valence-electron chi connectivity index (χ1n) is 6.17. The van der Waals surface area contributed by atoms with Gasteiger partial charge in [-0.3, -0.25) is 0 Å². The summed E-state index contributed by atoms with van der Waals surface area (Å²) in [6.45, 7) is 1.90. The van der Waals surface area contributed by atoms with E-state index >= 15 is 0 Å². The second-order valence-corrected chi connectivity index (χ2v) is 5.35. The molecule has 0 saturated heterocycles. The third kappa shape index (κ3) is 2.70. The number of hydrogen-bond donors (Lipinski definition) is 1. The van der Waals surface area contributed by atoms with Gasteiger partial charge in [0.2, 0.25) is 0 Å². The Morgan fingerprint density at radius 3 is 2.80 bits per heavy atom. The van der Waals surface area contributed by atoms with Gasteiger partial charge in [-0.2, -0.15) is 0 Å². The van der Waals surface area contributed by atoms with Crippen LogP contribution in [-0.4, -0.2) is 14.8 Å². The molecule has 6 heteroatoms. The van der Waals surface area contributed by atoms with Crippen molar-refractivity contribution in [2.75, 3.05) is 5.84 Å². The van der Waals surface area contributed by atoms with Crippen LogP contribution in [0, 0.1) is 6.92 Å². The number of nitrogen functional groups attached to an aromatic ring is 1. The highest BCUT2D eigenvalue weighted by molar-refractivity contribution is 7.98. The van der Waals surface area contributed by atoms with E-state index in [1.165, 1.54) is 16.4 Å². The fourth-order valence-corrected chi connectivity index (χ4v) is 2.62. The predicted octanol–water partition coefficient (Wildman–Crippen LogP) is 2.85. The second kappa shape index (κ2) is 5.42. The monoisotopic (exact) mass is 286 g/mol. The molecule has 0 unspecified atom stereocenters. The molecule has 0 amide bonds. The summed E-state index contributed by atoms with van der Waals surface area (Å²) in [7, 11) is 0. The standard InChI is InChI=1S/C14H14N4OS/c1-10-7-12(19-17-10)9-20-14-16-13(8-18(14)15)11-5-3-2-4-6-11/h2-8H,9,15H2,1H3. The number of rotatable bonds is 4. The summed E-state index contributed by atoms with van der Waals surface area (Å²) in [6, 6.07) is 11.9. The molecule has 0 saturated carbocycles. The first-order valence-corrected chi connectivity index (χ1v) is 7.16. The van der Waals surface area contributed by atoms with Crippen LogP contribution in [0.1, 0.15) is 11.5 Å². The van der Waals surface area contributed by atoms with E-state index in [9.17, 15) is 0 Å². The summed E-state index contributed by atoms with van der Waals surface area (Å²) in [5.74, 6) is 7.41. The molecule has 0 spiro atoms. The molecule has 5 nitrogen and oxygen atoms in total. The lowest BCUT2D eigenvalue weighted by Crippen LogP contribution is -2.07. The molecule has 0 aliphatic carbocycles. The van der Waals surface area contributed by atoms with Gasteiger partial charge in [0.15, 0.2) is 5.16 Å². The molecule has 0 aliphatic rings. The third-order valence-electron chi connectivity index (χ3n) is 2.79. The maximum atomic E-state index is 5.94. The Bertz CT molecular complexity index is 705. The summed E-state index contributed by atoms with van der Waals surface area (Å²) in [4.78, 5) is 4.54. The van der Waals surface area contributed by atoms with E-state index in [1.807, 2.05) is 49.5 Å². The molecule has 0 radical (unpaired) electrons. The average molecular weight is 286 g/mol. The van der Waals surface area contributed by atoms with Crippen LogP contribution >= 0.6 is 11.8 Å². The maximum absolute atomic E-state index is 5.94. The highest BCUT2D eigenvalue weighted by atomic mass is 32.2. The van der Waals surface area contributed by atoms with Gasteiger partial charge in [0, 0.05) is 11.6 Å². The van der Waals surface area contributed by atoms with Crippen LogP contribution in [-0.2, 0) is 5.75 Å². The van der Waals surface area contributed by atoms with Crippen LogP contribution in [0.5, 0.6) is 0 Å². The molecule has 20 heavy (non-hydrogen) atoms. The maximum Gasteiger partial charge on any atom is 0.187 e. The van der Waals surface area contributed by atoms with Crippen LogP contribution in [0.25, 0.3) is 11.3 Å². The van der Waals surface area contributed by atoms with Gasteiger partial charge in [0.05, 0.1) is 23.3 Å². The van der Waals surface area contributed by atoms with Crippen molar-refractivity contribution in [2.45, 2.75) is 17.8 Å². The summed E-state index contributed by atoms with van der Waals surface area (Å²) in [6.07, 6.45) is 1.82. The number of aromatic nitrogens is 3. The van der Waals surface area contributed by atoms with Crippen molar-refractivity contribution in [3.8, 4) is 11.3 Å². The van der Waals surface area contributed by atoms with Crippen molar-refractivity contribution >= 4 is 11.8 Å². The number of aryl methyl sites for hydroxylation is 1. The Balaban J connectivity index is 1.76. The van der Waals surface area contributed by atoms with Gasteiger partial charge in [-0.05, 0) is 6.92 Å². The van der Waals surface area contributed by atoms with Gasteiger partial charge in [0.25, 0.3) is 0 Å². The van der Waals surface area contributed by atoms with E-state index in [0.717, 1.165) is 27.9 Å². The lowest BCUT2D eigenvalue weighted by Gasteiger charge is -1.97. The SMILES string of the molecule is Cc1cc(CSc2nc(-c3ccccc3)cn2N)on1. The molecule has 3 aromatic rings. The highest BCUT2D eigenvalue weighted by Gasteiger charge is 2.10. The Morgan fingerprint density at radius 2 is 2.10 bits per heavy atom. The van der Waals surface area contributed by atoms with Crippen LogP contribution in [0.3, 0.4) is 0 Å². The fraction of sp³-hybridized carbons (Fsp3) is 0.143. The van der Waals surface area contributed by atoms with Crippen molar-refractivity contribution in [1.82, 2.24) is 14.8 Å². The first-order chi connectivity index (χ1) is 9.72. The molecule has 2 aromatic heterocycles. The number of nitrogens with two attached hydrogens (primary N) is 1. The van der Waals surface area contributed by atoms with Crippen LogP contribution in [0.2, 0.25) is 0 Å². The first kappa shape index (κ1) is 12.8. The molecule has 2 heterocycles. The van der Waals surface area contributed by atoms with Crippen LogP contribution in [0.4, 0.5) is 0 Å². The van der Waals surface area contributed by atoms with Crippen LogP contribution < -0.4 is 5.84 Å². The van der Waals surface area contributed by atoms with E-state index < -0.39 is 0 Å². The van der Waals surface area contributed by atoms with Crippen molar-refractivity contribution in [3.05, 3.63) is 54.0 Å². The molecule has 102 valence electrons. The molecule has 2 N–H and O–H groups in total. The predicted molar refractivity (Wildman–Crippen MR) is 78.6 cm³/mol. The number of hydrogen-bond acceptors (Lipinski definition) is 5. The molecule has 0 atom stereocenters. The Kier molecular flexibility index (Phi) is 3.47. The van der Waals surface area contributed by atoms with Crippen molar-refractivity contribution in [1.29, 1.82) is 0 Å². The van der Waals surface area contributed by atoms with Crippen molar-refractivity contribution in [2.24, 2.45) is 0 Å². The van der Waals surface area contributed by atoms with Gasteiger partial charge in [-0.25, -0.2) is 9.66 Å². The Labute approximate surface area is 120 Å². The van der Waals surface area contributed by atoms with Gasteiger partial charge in [-0.1, -0.05) is 47.3 Å². The molecule has 0 aliphatic heterocycles. The van der Waals surface area contributed by atoms with Gasteiger partial charge in [0.1, 0.15) is 5.76 Å². The Morgan fingerprint density at radius 1 is 1.30 bits per heavy atom.